The number of anilines is 1. The summed E-state index contributed by atoms with van der Waals surface area (Å²) in [6, 6.07) is 12.2. The molecule has 0 radical (unpaired) electrons. The van der Waals surface area contributed by atoms with E-state index in [0.29, 0.717) is 17.3 Å². The van der Waals surface area contributed by atoms with Crippen LogP contribution in [0, 0.1) is 0 Å². The first-order valence-electron chi connectivity index (χ1n) is 5.11. The number of phenols is 1. The quantitative estimate of drug-likeness (QED) is 0.649. The van der Waals surface area contributed by atoms with Crippen molar-refractivity contribution in [1.82, 2.24) is 0 Å². The van der Waals surface area contributed by atoms with Gasteiger partial charge in [-0.25, -0.2) is 0 Å². The maximum atomic E-state index is 9.44. The Labute approximate surface area is 104 Å². The molecular weight excluding hydrogens is 238 g/mol. The Balaban J connectivity index is 2.02. The molecule has 4 heteroatoms. The van der Waals surface area contributed by atoms with Crippen molar-refractivity contribution in [3.63, 3.8) is 0 Å². The van der Waals surface area contributed by atoms with Crippen molar-refractivity contribution in [2.24, 2.45) is 0 Å². The van der Waals surface area contributed by atoms with E-state index in [2.05, 4.69) is 0 Å². The minimum Gasteiger partial charge on any atom is -0.506 e. The zero-order valence-corrected chi connectivity index (χ0v) is 9.82. The maximum Gasteiger partial charge on any atom is 0.138 e. The molecule has 0 aromatic heterocycles. The Hall–Kier alpha value is -1.87. The lowest BCUT2D eigenvalue weighted by Crippen LogP contribution is -1.96. The van der Waals surface area contributed by atoms with E-state index in [9.17, 15) is 5.11 Å². The van der Waals surface area contributed by atoms with Crippen molar-refractivity contribution in [3.8, 4) is 11.5 Å². The standard InChI is InChI=1S/C13H12ClNO2/c14-10-2-4-11(5-3-10)17-8-9-1-6-12(15)13(16)7-9/h1-7,16H,8,15H2. The van der Waals surface area contributed by atoms with Gasteiger partial charge in [-0.3, -0.25) is 0 Å². The highest BCUT2D eigenvalue weighted by Gasteiger charge is 2.00. The summed E-state index contributed by atoms with van der Waals surface area (Å²) >= 11 is 5.76. The third-order valence-electron chi connectivity index (χ3n) is 2.31. The number of nitrogen functional groups attached to an aromatic ring is 1. The van der Waals surface area contributed by atoms with E-state index in [4.69, 9.17) is 22.1 Å². The summed E-state index contributed by atoms with van der Waals surface area (Å²) in [5, 5.41) is 10.1. The summed E-state index contributed by atoms with van der Waals surface area (Å²) < 4.78 is 5.53. The number of nitrogens with two attached hydrogens (primary N) is 1. The summed E-state index contributed by atoms with van der Waals surface area (Å²) in [6.07, 6.45) is 0. The number of benzene rings is 2. The van der Waals surface area contributed by atoms with Crippen molar-refractivity contribution in [1.29, 1.82) is 0 Å². The third kappa shape index (κ3) is 3.04. The second-order valence-electron chi connectivity index (χ2n) is 3.64. The first-order valence-corrected chi connectivity index (χ1v) is 5.48. The summed E-state index contributed by atoms with van der Waals surface area (Å²) in [6.45, 7) is 0.371. The van der Waals surface area contributed by atoms with Crippen molar-refractivity contribution in [2.45, 2.75) is 6.61 Å². The van der Waals surface area contributed by atoms with Gasteiger partial charge in [0.2, 0.25) is 0 Å². The molecule has 2 rings (SSSR count). The molecule has 0 fully saturated rings. The fourth-order valence-corrected chi connectivity index (χ4v) is 1.50. The normalized spacial score (nSPS) is 10.2. The zero-order valence-electron chi connectivity index (χ0n) is 9.06. The first-order chi connectivity index (χ1) is 8.15. The van der Waals surface area contributed by atoms with Gasteiger partial charge < -0.3 is 15.6 Å². The predicted octanol–water partition coefficient (Wildman–Crippen LogP) is 3.21. The predicted molar refractivity (Wildman–Crippen MR) is 68.3 cm³/mol. The number of halogens is 1. The van der Waals surface area contributed by atoms with Crippen LogP contribution in [-0.4, -0.2) is 5.11 Å². The molecule has 2 aromatic carbocycles. The van der Waals surface area contributed by atoms with E-state index < -0.39 is 0 Å². The molecule has 0 heterocycles. The zero-order chi connectivity index (χ0) is 12.3. The van der Waals surface area contributed by atoms with Crippen molar-refractivity contribution in [3.05, 3.63) is 53.1 Å². The molecular formula is C13H12ClNO2. The second-order valence-corrected chi connectivity index (χ2v) is 4.07. The fraction of sp³-hybridized carbons (Fsp3) is 0.0769. The van der Waals surface area contributed by atoms with Crippen LogP contribution in [0.5, 0.6) is 11.5 Å². The summed E-state index contributed by atoms with van der Waals surface area (Å²) in [5.74, 6) is 0.799. The number of hydrogen-bond acceptors (Lipinski definition) is 3. The monoisotopic (exact) mass is 249 g/mol. The molecule has 0 aliphatic carbocycles. The van der Waals surface area contributed by atoms with Gasteiger partial charge in [0, 0.05) is 5.02 Å². The smallest absolute Gasteiger partial charge is 0.138 e. The summed E-state index contributed by atoms with van der Waals surface area (Å²) in [4.78, 5) is 0. The average Bonchev–Trinajstić information content (AvgIpc) is 2.33. The van der Waals surface area contributed by atoms with Crippen LogP contribution >= 0.6 is 11.6 Å². The van der Waals surface area contributed by atoms with Gasteiger partial charge in [-0.15, -0.1) is 0 Å². The van der Waals surface area contributed by atoms with Crippen LogP contribution in [0.4, 0.5) is 5.69 Å². The molecule has 0 atom stereocenters. The van der Waals surface area contributed by atoms with E-state index in [-0.39, 0.29) is 5.75 Å². The molecule has 0 amide bonds. The summed E-state index contributed by atoms with van der Waals surface area (Å²) in [5.41, 5.74) is 6.72. The van der Waals surface area contributed by atoms with Crippen molar-refractivity contribution < 1.29 is 9.84 Å². The van der Waals surface area contributed by atoms with Crippen LogP contribution in [0.15, 0.2) is 42.5 Å². The van der Waals surface area contributed by atoms with E-state index in [1.54, 1.807) is 36.4 Å². The van der Waals surface area contributed by atoms with Gasteiger partial charge >= 0.3 is 0 Å². The van der Waals surface area contributed by atoms with Crippen LogP contribution in [-0.2, 0) is 6.61 Å². The lowest BCUT2D eigenvalue weighted by atomic mass is 10.2. The Morgan fingerprint density at radius 3 is 2.47 bits per heavy atom. The van der Waals surface area contributed by atoms with Crippen molar-refractivity contribution in [2.75, 3.05) is 5.73 Å². The Bertz CT molecular complexity index is 511. The molecule has 3 nitrogen and oxygen atoms in total. The highest BCUT2D eigenvalue weighted by molar-refractivity contribution is 6.30. The van der Waals surface area contributed by atoms with Crippen LogP contribution in [0.25, 0.3) is 0 Å². The van der Waals surface area contributed by atoms with E-state index in [1.807, 2.05) is 6.07 Å². The molecule has 2 aromatic rings. The van der Waals surface area contributed by atoms with Crippen LogP contribution in [0.3, 0.4) is 0 Å². The Morgan fingerprint density at radius 1 is 1.12 bits per heavy atom. The molecule has 0 saturated carbocycles. The van der Waals surface area contributed by atoms with Crippen LogP contribution in [0.2, 0.25) is 5.02 Å². The van der Waals surface area contributed by atoms with E-state index in [1.165, 1.54) is 0 Å². The van der Waals surface area contributed by atoms with Gasteiger partial charge in [-0.05, 0) is 42.0 Å². The Morgan fingerprint density at radius 2 is 1.82 bits per heavy atom. The molecule has 0 bridgehead atoms. The maximum absolute atomic E-state index is 9.44. The minimum atomic E-state index is 0.0715. The third-order valence-corrected chi connectivity index (χ3v) is 2.57. The Kier molecular flexibility index (Phi) is 3.40. The van der Waals surface area contributed by atoms with E-state index >= 15 is 0 Å². The van der Waals surface area contributed by atoms with Crippen LogP contribution in [0.1, 0.15) is 5.56 Å². The number of ether oxygens (including phenoxy) is 1. The number of hydrogen-bond donors (Lipinski definition) is 2. The van der Waals surface area contributed by atoms with Gasteiger partial charge in [0.15, 0.2) is 0 Å². The highest BCUT2D eigenvalue weighted by atomic mass is 35.5. The van der Waals surface area contributed by atoms with Gasteiger partial charge in [0.1, 0.15) is 18.1 Å². The first kappa shape index (κ1) is 11.6. The second kappa shape index (κ2) is 4.97. The SMILES string of the molecule is Nc1ccc(COc2ccc(Cl)cc2)cc1O. The lowest BCUT2D eigenvalue weighted by Gasteiger charge is -2.07. The average molecular weight is 250 g/mol. The van der Waals surface area contributed by atoms with Crippen molar-refractivity contribution >= 4 is 17.3 Å². The van der Waals surface area contributed by atoms with E-state index in [0.717, 1.165) is 11.3 Å². The lowest BCUT2D eigenvalue weighted by molar-refractivity contribution is 0.305. The number of phenolic OH excluding ortho intramolecular Hbond substituents is 1. The molecule has 0 aliphatic rings. The topological polar surface area (TPSA) is 55.5 Å². The molecule has 17 heavy (non-hydrogen) atoms. The van der Waals surface area contributed by atoms with Gasteiger partial charge in [0.05, 0.1) is 5.69 Å². The molecule has 3 N–H and O–H groups in total. The largest absolute Gasteiger partial charge is 0.506 e. The fourth-order valence-electron chi connectivity index (χ4n) is 1.38. The molecule has 0 aliphatic heterocycles. The minimum absolute atomic E-state index is 0.0715. The summed E-state index contributed by atoms with van der Waals surface area (Å²) in [7, 11) is 0. The van der Waals surface area contributed by atoms with Gasteiger partial charge in [0.25, 0.3) is 0 Å². The molecule has 0 spiro atoms. The highest BCUT2D eigenvalue weighted by Crippen LogP contribution is 2.22. The molecule has 0 unspecified atom stereocenters. The molecule has 88 valence electrons. The molecule has 0 saturated heterocycles. The number of aromatic hydroxyl groups is 1. The van der Waals surface area contributed by atoms with Crippen LogP contribution < -0.4 is 10.5 Å². The number of rotatable bonds is 3. The van der Waals surface area contributed by atoms with Gasteiger partial charge in [-0.2, -0.15) is 0 Å². The van der Waals surface area contributed by atoms with Gasteiger partial charge in [-0.1, -0.05) is 17.7 Å².